The van der Waals surface area contributed by atoms with Crippen LogP contribution in [0.2, 0.25) is 19.6 Å². The lowest BCUT2D eigenvalue weighted by Crippen LogP contribution is -2.50. The van der Waals surface area contributed by atoms with Gasteiger partial charge in [-0.15, -0.1) is 0 Å². The molecule has 0 spiro atoms. The quantitative estimate of drug-likeness (QED) is 0.574. The lowest BCUT2D eigenvalue weighted by molar-refractivity contribution is -0.151. The van der Waals surface area contributed by atoms with E-state index in [1.54, 1.807) is 0 Å². The number of Topliss-reactive ketones (excluding diaryl/α,β-unsaturated/α-hetero) is 1. The van der Waals surface area contributed by atoms with Crippen LogP contribution in [0.3, 0.4) is 0 Å². The molecular weight excluding hydrogens is 306 g/mol. The first-order valence-electron chi connectivity index (χ1n) is 7.37. The smallest absolute Gasteiger partial charge is 0.410 e. The van der Waals surface area contributed by atoms with Gasteiger partial charge in [0.05, 0.1) is 19.2 Å². The van der Waals surface area contributed by atoms with E-state index in [1.165, 1.54) is 18.9 Å². The number of ketones is 1. The Bertz CT molecular complexity index is 488. The maximum absolute atomic E-state index is 12.1. The van der Waals surface area contributed by atoms with Crippen molar-refractivity contribution in [1.29, 1.82) is 0 Å². The second-order valence-electron chi connectivity index (χ2n) is 6.73. The van der Waals surface area contributed by atoms with E-state index in [2.05, 4.69) is 0 Å². The summed E-state index contributed by atoms with van der Waals surface area (Å²) >= 11 is 0. The summed E-state index contributed by atoms with van der Waals surface area (Å²) in [5.74, 6) is -0.395. The fourth-order valence-corrected chi connectivity index (χ4v) is 4.35. The number of fused-ring (bicyclic) bond motifs is 2. The van der Waals surface area contributed by atoms with Gasteiger partial charge in [-0.3, -0.25) is 14.5 Å². The van der Waals surface area contributed by atoms with E-state index in [9.17, 15) is 14.4 Å². The molecule has 2 aliphatic heterocycles. The maximum atomic E-state index is 12.1. The molecule has 2 bridgehead atoms. The predicted molar refractivity (Wildman–Crippen MR) is 79.8 cm³/mol. The zero-order chi connectivity index (χ0) is 16.7. The van der Waals surface area contributed by atoms with Crippen molar-refractivity contribution in [2.75, 3.05) is 7.11 Å². The molecule has 0 aliphatic carbocycles. The minimum Gasteiger partial charge on any atom is -0.458 e. The molecule has 0 saturated carbocycles. The van der Waals surface area contributed by atoms with E-state index in [0.717, 1.165) is 0 Å². The number of ether oxygens (including phenoxy) is 2. The summed E-state index contributed by atoms with van der Waals surface area (Å²) in [4.78, 5) is 37.0. The molecule has 8 heteroatoms. The van der Waals surface area contributed by atoms with Crippen LogP contribution in [0.4, 0.5) is 4.79 Å². The highest BCUT2D eigenvalue weighted by atomic mass is 28.4. The summed E-state index contributed by atoms with van der Waals surface area (Å²) in [5.41, 5.74) is 0. The van der Waals surface area contributed by atoms with Gasteiger partial charge in [0.25, 0.3) is 0 Å². The molecule has 2 rings (SSSR count). The van der Waals surface area contributed by atoms with Gasteiger partial charge < -0.3 is 13.9 Å². The average molecular weight is 329 g/mol. The van der Waals surface area contributed by atoms with Gasteiger partial charge >= 0.3 is 12.1 Å². The minimum atomic E-state index is -1.95. The second-order valence-corrected chi connectivity index (χ2v) is 11.2. The average Bonchev–Trinajstić information content (AvgIpc) is 2.55. The summed E-state index contributed by atoms with van der Waals surface area (Å²) in [6.45, 7) is 7.37. The van der Waals surface area contributed by atoms with Crippen molar-refractivity contribution in [3.63, 3.8) is 0 Å². The summed E-state index contributed by atoms with van der Waals surface area (Å²) in [7, 11) is -0.654. The zero-order valence-corrected chi connectivity index (χ0v) is 14.6. The Labute approximate surface area is 131 Å². The molecule has 0 aromatic heterocycles. The second kappa shape index (κ2) is 6.00. The lowest BCUT2D eigenvalue weighted by atomic mass is 10.0. The van der Waals surface area contributed by atoms with E-state index in [4.69, 9.17) is 13.9 Å². The number of methoxy groups -OCH3 is 1. The van der Waals surface area contributed by atoms with Crippen molar-refractivity contribution in [3.05, 3.63) is 0 Å². The molecule has 22 heavy (non-hydrogen) atoms. The lowest BCUT2D eigenvalue weighted by Gasteiger charge is -2.33. The molecular formula is C14H23NO6Si. The van der Waals surface area contributed by atoms with Crippen molar-refractivity contribution in [2.45, 2.75) is 63.7 Å². The van der Waals surface area contributed by atoms with Gasteiger partial charge in [-0.05, 0) is 19.6 Å². The monoisotopic (exact) mass is 329 g/mol. The summed E-state index contributed by atoms with van der Waals surface area (Å²) in [6.07, 6.45) is -1.25. The Morgan fingerprint density at radius 1 is 1.14 bits per heavy atom. The molecule has 0 aromatic carbocycles. The van der Waals surface area contributed by atoms with Crippen LogP contribution < -0.4 is 0 Å². The van der Waals surface area contributed by atoms with E-state index < -0.39 is 44.7 Å². The van der Waals surface area contributed by atoms with Crippen LogP contribution in [0.5, 0.6) is 0 Å². The van der Waals surface area contributed by atoms with Gasteiger partial charge in [0.15, 0.2) is 8.32 Å². The fraction of sp³-hybridized carbons (Fsp3) is 0.786. The van der Waals surface area contributed by atoms with Crippen LogP contribution in [0.25, 0.3) is 0 Å². The highest BCUT2D eigenvalue weighted by Gasteiger charge is 2.58. The van der Waals surface area contributed by atoms with Gasteiger partial charge in [0, 0.05) is 19.8 Å². The van der Waals surface area contributed by atoms with Crippen LogP contribution in [0.15, 0.2) is 0 Å². The van der Waals surface area contributed by atoms with Gasteiger partial charge in [-0.1, -0.05) is 0 Å². The van der Waals surface area contributed by atoms with E-state index in [-0.39, 0.29) is 18.6 Å². The van der Waals surface area contributed by atoms with Crippen molar-refractivity contribution >= 4 is 26.2 Å². The minimum absolute atomic E-state index is 0.0500. The van der Waals surface area contributed by atoms with Crippen molar-refractivity contribution in [3.8, 4) is 0 Å². The third kappa shape index (κ3) is 3.32. The topological polar surface area (TPSA) is 82.1 Å². The molecule has 2 fully saturated rings. The molecule has 2 saturated heterocycles. The SMILES string of the molecule is COC(=O)N1[C@@H]2CC(=O)C[C@H]1[C@H](O[Si](C)(C)C)[C@@H]2OC(C)=O. The van der Waals surface area contributed by atoms with Crippen molar-refractivity contribution in [1.82, 2.24) is 4.90 Å². The van der Waals surface area contributed by atoms with Gasteiger partial charge in [-0.2, -0.15) is 0 Å². The highest BCUT2D eigenvalue weighted by molar-refractivity contribution is 6.69. The summed E-state index contributed by atoms with van der Waals surface area (Å²) < 4.78 is 16.4. The van der Waals surface area contributed by atoms with Gasteiger partial charge in [-0.25, -0.2) is 4.79 Å². The Morgan fingerprint density at radius 2 is 1.68 bits per heavy atom. The fourth-order valence-electron chi connectivity index (χ4n) is 3.25. The third-order valence-electron chi connectivity index (χ3n) is 3.85. The standard InChI is InChI=1S/C14H23NO6Si/c1-8(16)20-12-10-6-9(17)7-11(15(10)14(18)19-2)13(12)21-22(3,4)5/h10-13H,6-7H2,1-5H3/t10-,11+,12-,13+/m1/s1. The van der Waals surface area contributed by atoms with Gasteiger partial charge in [0.1, 0.15) is 18.0 Å². The molecule has 0 aromatic rings. The van der Waals surface area contributed by atoms with Crippen molar-refractivity contribution < 1.29 is 28.3 Å². The number of piperidine rings is 1. The zero-order valence-electron chi connectivity index (χ0n) is 13.6. The van der Waals surface area contributed by atoms with E-state index in [1.807, 2.05) is 19.6 Å². The Kier molecular flexibility index (Phi) is 4.62. The highest BCUT2D eigenvalue weighted by Crippen LogP contribution is 2.39. The number of carbonyl (C=O) groups is 3. The van der Waals surface area contributed by atoms with Crippen LogP contribution in [-0.2, 0) is 23.5 Å². The molecule has 4 atom stereocenters. The van der Waals surface area contributed by atoms with Crippen LogP contribution >= 0.6 is 0 Å². The molecule has 1 amide bonds. The number of hydrogen-bond acceptors (Lipinski definition) is 6. The van der Waals surface area contributed by atoms with Crippen LogP contribution in [0.1, 0.15) is 19.8 Å². The predicted octanol–water partition coefficient (Wildman–Crippen LogP) is 1.32. The normalized spacial score (nSPS) is 31.1. The number of carbonyl (C=O) groups excluding carboxylic acids is 3. The summed E-state index contributed by atoms with van der Waals surface area (Å²) in [5, 5.41) is 0. The number of esters is 1. The molecule has 2 aliphatic rings. The van der Waals surface area contributed by atoms with E-state index in [0.29, 0.717) is 0 Å². The number of amides is 1. The molecule has 0 N–H and O–H groups in total. The molecule has 0 unspecified atom stereocenters. The first-order chi connectivity index (χ1) is 10.1. The number of hydrogen-bond donors (Lipinski definition) is 0. The Hall–Kier alpha value is -1.41. The van der Waals surface area contributed by atoms with Crippen molar-refractivity contribution in [2.24, 2.45) is 0 Å². The first kappa shape index (κ1) is 16.9. The first-order valence-corrected chi connectivity index (χ1v) is 10.8. The molecule has 2 heterocycles. The number of nitrogens with zero attached hydrogens (tertiary/aromatic N) is 1. The molecule has 7 nitrogen and oxygen atoms in total. The van der Waals surface area contributed by atoms with Gasteiger partial charge in [0.2, 0.25) is 0 Å². The maximum Gasteiger partial charge on any atom is 0.410 e. The Balaban J connectivity index is 2.37. The van der Waals surface area contributed by atoms with E-state index >= 15 is 0 Å². The largest absolute Gasteiger partial charge is 0.458 e. The van der Waals surface area contributed by atoms with Crippen LogP contribution in [-0.4, -0.2) is 62.5 Å². The van der Waals surface area contributed by atoms with Crippen LogP contribution in [0, 0.1) is 0 Å². The third-order valence-corrected chi connectivity index (χ3v) is 4.83. The number of rotatable bonds is 3. The summed E-state index contributed by atoms with van der Waals surface area (Å²) in [6, 6.07) is -0.946. The molecule has 124 valence electrons. The molecule has 0 radical (unpaired) electrons. The Morgan fingerprint density at radius 3 is 2.14 bits per heavy atom.